The Morgan fingerprint density at radius 2 is 1.81 bits per heavy atom. The van der Waals surface area contributed by atoms with Crippen LogP contribution in [0.25, 0.3) is 0 Å². The number of nitrogens with zero attached hydrogens (tertiary/aromatic N) is 1. The molecule has 2 rings (SSSR count). The number of hydrogen-bond acceptors (Lipinski definition) is 4. The smallest absolute Gasteiger partial charge is 0.416 e. The average molecular weight is 381 g/mol. The Labute approximate surface area is 154 Å². The van der Waals surface area contributed by atoms with Crippen molar-refractivity contribution in [2.24, 2.45) is 5.16 Å². The highest BCUT2D eigenvalue weighted by Crippen LogP contribution is 2.29. The molecule has 0 aliphatic carbocycles. The summed E-state index contributed by atoms with van der Waals surface area (Å²) in [5.41, 5.74) is 1.91. The van der Waals surface area contributed by atoms with Crippen molar-refractivity contribution in [3.05, 3.63) is 64.7 Å². The number of carboxylic acid groups (broad SMARTS) is 1. The minimum atomic E-state index is -4.37. The molecule has 0 bridgehead atoms. The molecule has 2 aromatic rings. The number of oxime groups is 1. The number of aliphatic carboxylic acids is 1. The van der Waals surface area contributed by atoms with E-state index >= 15 is 0 Å². The number of benzene rings is 2. The first kappa shape index (κ1) is 20.3. The first-order chi connectivity index (χ1) is 12.7. The molecular weight excluding hydrogens is 363 g/mol. The van der Waals surface area contributed by atoms with Crippen LogP contribution < -0.4 is 4.74 Å². The molecule has 0 radical (unpaired) electrons. The zero-order chi connectivity index (χ0) is 20.0. The van der Waals surface area contributed by atoms with Crippen LogP contribution in [-0.4, -0.2) is 23.4 Å². The van der Waals surface area contributed by atoms with Gasteiger partial charge < -0.3 is 14.7 Å². The molecule has 0 spiro atoms. The Bertz CT molecular complexity index is 830. The minimum absolute atomic E-state index is 0.0360. The van der Waals surface area contributed by atoms with Gasteiger partial charge in [-0.3, -0.25) is 0 Å². The fraction of sp³-hybridized carbons (Fsp3) is 0.263. The number of carbonyl (C=O) groups is 1. The highest BCUT2D eigenvalue weighted by molar-refractivity contribution is 5.98. The third kappa shape index (κ3) is 6.02. The molecule has 0 amide bonds. The fourth-order valence-electron chi connectivity index (χ4n) is 2.22. The van der Waals surface area contributed by atoms with Gasteiger partial charge in [-0.2, -0.15) is 13.2 Å². The van der Waals surface area contributed by atoms with Crippen LogP contribution in [0.2, 0.25) is 0 Å². The largest absolute Gasteiger partial charge is 0.482 e. The second-order valence-electron chi connectivity index (χ2n) is 5.81. The van der Waals surface area contributed by atoms with Gasteiger partial charge in [0.25, 0.3) is 0 Å². The van der Waals surface area contributed by atoms with E-state index in [0.717, 1.165) is 23.3 Å². The molecule has 144 valence electrons. The van der Waals surface area contributed by atoms with Crippen molar-refractivity contribution >= 4 is 11.7 Å². The average Bonchev–Trinajstić information content (AvgIpc) is 2.60. The molecule has 0 aliphatic heterocycles. The number of carboxylic acids is 1. The second kappa shape index (κ2) is 8.57. The van der Waals surface area contributed by atoms with Crippen molar-refractivity contribution in [3.63, 3.8) is 0 Å². The maximum atomic E-state index is 12.5. The summed E-state index contributed by atoms with van der Waals surface area (Å²) < 4.78 is 42.7. The van der Waals surface area contributed by atoms with E-state index in [9.17, 15) is 18.0 Å². The van der Waals surface area contributed by atoms with Crippen molar-refractivity contribution in [2.75, 3.05) is 6.61 Å². The lowest BCUT2D eigenvalue weighted by atomic mass is 10.1. The van der Waals surface area contributed by atoms with Crippen LogP contribution in [0.5, 0.6) is 5.75 Å². The lowest BCUT2D eigenvalue weighted by Gasteiger charge is -2.09. The predicted molar refractivity (Wildman–Crippen MR) is 92.8 cm³/mol. The van der Waals surface area contributed by atoms with Gasteiger partial charge in [-0.05, 0) is 60.9 Å². The molecule has 0 heterocycles. The van der Waals surface area contributed by atoms with Crippen molar-refractivity contribution in [1.29, 1.82) is 0 Å². The van der Waals surface area contributed by atoms with E-state index in [1.165, 1.54) is 12.1 Å². The Morgan fingerprint density at radius 3 is 2.37 bits per heavy atom. The van der Waals surface area contributed by atoms with Crippen molar-refractivity contribution in [2.45, 2.75) is 26.6 Å². The zero-order valence-corrected chi connectivity index (χ0v) is 14.7. The summed E-state index contributed by atoms with van der Waals surface area (Å²) in [6.07, 6.45) is -4.37. The normalized spacial score (nSPS) is 12.0. The van der Waals surface area contributed by atoms with Crippen LogP contribution in [-0.2, 0) is 22.4 Å². The maximum absolute atomic E-state index is 12.5. The van der Waals surface area contributed by atoms with Crippen molar-refractivity contribution < 1.29 is 32.6 Å². The van der Waals surface area contributed by atoms with Crippen molar-refractivity contribution in [3.8, 4) is 5.75 Å². The van der Waals surface area contributed by atoms with E-state index in [0.29, 0.717) is 17.0 Å². The van der Waals surface area contributed by atoms with Gasteiger partial charge in [-0.15, -0.1) is 0 Å². The maximum Gasteiger partial charge on any atom is 0.416 e. The van der Waals surface area contributed by atoms with Gasteiger partial charge in [-0.25, -0.2) is 4.79 Å². The standard InChI is InChI=1S/C19H18F3NO4/c1-12-9-15(5-8-17(12)26-11-18(24)25)13(2)23-27-10-14-3-6-16(7-4-14)19(20,21)22/h3-9H,10-11H2,1-2H3,(H,24,25)/b23-13+. The molecule has 0 aliphatic rings. The summed E-state index contributed by atoms with van der Waals surface area (Å²) in [4.78, 5) is 15.8. The molecule has 8 heteroatoms. The third-order valence-electron chi connectivity index (χ3n) is 3.66. The summed E-state index contributed by atoms with van der Waals surface area (Å²) >= 11 is 0. The summed E-state index contributed by atoms with van der Waals surface area (Å²) in [5.74, 6) is -0.604. The Balaban J connectivity index is 1.97. The monoisotopic (exact) mass is 381 g/mol. The number of halogens is 3. The highest BCUT2D eigenvalue weighted by atomic mass is 19.4. The highest BCUT2D eigenvalue weighted by Gasteiger charge is 2.29. The summed E-state index contributed by atoms with van der Waals surface area (Å²) in [5, 5.41) is 12.6. The first-order valence-electron chi connectivity index (χ1n) is 7.95. The van der Waals surface area contributed by atoms with Crippen LogP contribution in [0.4, 0.5) is 13.2 Å². The number of ether oxygens (including phenoxy) is 1. The van der Waals surface area contributed by atoms with Crippen LogP contribution in [0.15, 0.2) is 47.6 Å². The minimum Gasteiger partial charge on any atom is -0.482 e. The third-order valence-corrected chi connectivity index (χ3v) is 3.66. The SMILES string of the molecule is C/C(=N\OCc1ccc(C(F)(F)F)cc1)c1ccc(OCC(=O)O)c(C)c1. The van der Waals surface area contributed by atoms with E-state index in [-0.39, 0.29) is 6.61 Å². The number of aryl methyl sites for hydroxylation is 1. The molecule has 0 saturated carbocycles. The summed E-state index contributed by atoms with van der Waals surface area (Å²) in [6.45, 7) is 3.11. The molecule has 2 aromatic carbocycles. The molecule has 0 atom stereocenters. The van der Waals surface area contributed by atoms with Gasteiger partial charge in [0.2, 0.25) is 0 Å². The molecule has 0 saturated heterocycles. The summed E-state index contributed by atoms with van der Waals surface area (Å²) in [7, 11) is 0. The van der Waals surface area contributed by atoms with Gasteiger partial charge in [0, 0.05) is 0 Å². The number of rotatable bonds is 7. The van der Waals surface area contributed by atoms with E-state index in [1.807, 2.05) is 0 Å². The van der Waals surface area contributed by atoms with Crippen LogP contribution in [0.1, 0.15) is 29.2 Å². The molecule has 27 heavy (non-hydrogen) atoms. The van der Waals surface area contributed by atoms with Gasteiger partial charge in [0.05, 0.1) is 11.3 Å². The number of hydrogen-bond donors (Lipinski definition) is 1. The zero-order valence-electron chi connectivity index (χ0n) is 14.7. The van der Waals surface area contributed by atoms with E-state index in [1.54, 1.807) is 32.0 Å². The molecule has 0 fully saturated rings. The molecule has 0 aromatic heterocycles. The lowest BCUT2D eigenvalue weighted by molar-refractivity contribution is -0.139. The summed E-state index contributed by atoms with van der Waals surface area (Å²) in [6, 6.07) is 9.80. The molecule has 0 unspecified atom stereocenters. The molecule has 5 nitrogen and oxygen atoms in total. The predicted octanol–water partition coefficient (Wildman–Crippen LogP) is 4.42. The first-order valence-corrected chi connectivity index (χ1v) is 7.95. The fourth-order valence-corrected chi connectivity index (χ4v) is 2.22. The second-order valence-corrected chi connectivity index (χ2v) is 5.81. The van der Waals surface area contributed by atoms with Crippen LogP contribution >= 0.6 is 0 Å². The number of alkyl halides is 3. The molecule has 1 N–H and O–H groups in total. The van der Waals surface area contributed by atoms with Gasteiger partial charge in [0.1, 0.15) is 12.4 Å². The van der Waals surface area contributed by atoms with Gasteiger partial charge in [-0.1, -0.05) is 17.3 Å². The van der Waals surface area contributed by atoms with Crippen LogP contribution in [0.3, 0.4) is 0 Å². The molecular formula is C19H18F3NO4. The van der Waals surface area contributed by atoms with E-state index < -0.39 is 24.3 Å². The quantitative estimate of drug-likeness (QED) is 0.570. The van der Waals surface area contributed by atoms with E-state index in [2.05, 4.69) is 5.16 Å². The van der Waals surface area contributed by atoms with Gasteiger partial charge in [0.15, 0.2) is 6.61 Å². The van der Waals surface area contributed by atoms with Crippen LogP contribution in [0, 0.1) is 6.92 Å². The lowest BCUT2D eigenvalue weighted by Crippen LogP contribution is -2.10. The Kier molecular flexibility index (Phi) is 6.44. The Morgan fingerprint density at radius 1 is 1.15 bits per heavy atom. The van der Waals surface area contributed by atoms with E-state index in [4.69, 9.17) is 14.7 Å². The topological polar surface area (TPSA) is 68.1 Å². The van der Waals surface area contributed by atoms with Gasteiger partial charge >= 0.3 is 12.1 Å². The van der Waals surface area contributed by atoms with Crippen molar-refractivity contribution in [1.82, 2.24) is 0 Å². The Hall–Kier alpha value is -3.03.